The standard InChI is InChI=1S/C21H21FN4O2/c1-26-13-5-8-18(26)14-19(27)24-25-20(15-6-3-2-4-7-15)21(28)23-17-11-9-16(22)10-12-17/h2-13,20,25H,14H2,1H3,(H,23,28)(H,24,27)/t20-/m1/s1. The van der Waals surface area contributed by atoms with E-state index in [-0.39, 0.29) is 24.1 Å². The van der Waals surface area contributed by atoms with Crippen molar-refractivity contribution in [1.29, 1.82) is 0 Å². The predicted molar refractivity (Wildman–Crippen MR) is 105 cm³/mol. The summed E-state index contributed by atoms with van der Waals surface area (Å²) in [5, 5.41) is 2.72. The Morgan fingerprint density at radius 3 is 2.36 bits per heavy atom. The van der Waals surface area contributed by atoms with Crippen LogP contribution in [0.3, 0.4) is 0 Å². The number of hydrogen-bond acceptors (Lipinski definition) is 3. The number of amides is 2. The van der Waals surface area contributed by atoms with E-state index >= 15 is 0 Å². The summed E-state index contributed by atoms with van der Waals surface area (Å²) in [4.78, 5) is 25.0. The van der Waals surface area contributed by atoms with Gasteiger partial charge in [-0.3, -0.25) is 15.0 Å². The van der Waals surface area contributed by atoms with Crippen LogP contribution < -0.4 is 16.2 Å². The number of halogens is 1. The van der Waals surface area contributed by atoms with Gasteiger partial charge in [-0.1, -0.05) is 30.3 Å². The topological polar surface area (TPSA) is 75.2 Å². The van der Waals surface area contributed by atoms with E-state index in [4.69, 9.17) is 0 Å². The van der Waals surface area contributed by atoms with Crippen molar-refractivity contribution in [3.05, 3.63) is 90.0 Å². The summed E-state index contributed by atoms with van der Waals surface area (Å²) in [5.41, 5.74) is 7.40. The molecule has 2 aromatic carbocycles. The number of carbonyl (C=O) groups excluding carboxylic acids is 2. The lowest BCUT2D eigenvalue weighted by Crippen LogP contribution is -2.45. The zero-order valence-electron chi connectivity index (χ0n) is 15.4. The third-order valence-electron chi connectivity index (χ3n) is 4.26. The Labute approximate surface area is 162 Å². The van der Waals surface area contributed by atoms with Crippen LogP contribution >= 0.6 is 0 Å². The van der Waals surface area contributed by atoms with Crippen LogP contribution in [-0.4, -0.2) is 16.4 Å². The summed E-state index contributed by atoms with van der Waals surface area (Å²) >= 11 is 0. The minimum atomic E-state index is -0.816. The van der Waals surface area contributed by atoms with Gasteiger partial charge < -0.3 is 9.88 Å². The molecule has 0 aliphatic heterocycles. The van der Waals surface area contributed by atoms with Crippen LogP contribution in [0.15, 0.2) is 72.9 Å². The minimum absolute atomic E-state index is 0.178. The molecule has 0 bridgehead atoms. The molecule has 1 aromatic heterocycles. The molecule has 0 fully saturated rings. The molecular weight excluding hydrogens is 359 g/mol. The fourth-order valence-corrected chi connectivity index (χ4v) is 2.73. The van der Waals surface area contributed by atoms with Crippen LogP contribution in [0.4, 0.5) is 10.1 Å². The number of nitrogens with zero attached hydrogens (tertiary/aromatic N) is 1. The van der Waals surface area contributed by atoms with Crippen LogP contribution in [0.25, 0.3) is 0 Å². The molecule has 7 heteroatoms. The Bertz CT molecular complexity index is 939. The number of aromatic nitrogens is 1. The molecule has 3 rings (SSSR count). The van der Waals surface area contributed by atoms with E-state index in [9.17, 15) is 14.0 Å². The first-order chi connectivity index (χ1) is 13.5. The van der Waals surface area contributed by atoms with Gasteiger partial charge in [-0.05, 0) is 42.0 Å². The van der Waals surface area contributed by atoms with Gasteiger partial charge in [0.1, 0.15) is 11.9 Å². The van der Waals surface area contributed by atoms with Crippen molar-refractivity contribution in [1.82, 2.24) is 15.4 Å². The highest BCUT2D eigenvalue weighted by atomic mass is 19.1. The zero-order valence-corrected chi connectivity index (χ0v) is 15.4. The van der Waals surface area contributed by atoms with E-state index in [1.165, 1.54) is 24.3 Å². The van der Waals surface area contributed by atoms with E-state index < -0.39 is 6.04 Å². The lowest BCUT2D eigenvalue weighted by molar-refractivity contribution is -0.123. The van der Waals surface area contributed by atoms with Crippen LogP contribution in [0.1, 0.15) is 17.3 Å². The van der Waals surface area contributed by atoms with Gasteiger partial charge in [0.05, 0.1) is 6.42 Å². The van der Waals surface area contributed by atoms with Crippen molar-refractivity contribution in [3.8, 4) is 0 Å². The summed E-state index contributed by atoms with van der Waals surface area (Å²) in [7, 11) is 1.86. The first kappa shape index (κ1) is 19.3. The van der Waals surface area contributed by atoms with Gasteiger partial charge in [-0.25, -0.2) is 9.82 Å². The van der Waals surface area contributed by atoms with E-state index in [0.717, 1.165) is 5.69 Å². The van der Waals surface area contributed by atoms with Crippen molar-refractivity contribution >= 4 is 17.5 Å². The average Bonchev–Trinajstić information content (AvgIpc) is 3.09. The molecule has 0 aliphatic carbocycles. The number of rotatable bonds is 7. The predicted octanol–water partition coefficient (Wildman–Crippen LogP) is 2.71. The van der Waals surface area contributed by atoms with Crippen LogP contribution in [-0.2, 0) is 23.1 Å². The smallest absolute Gasteiger partial charge is 0.247 e. The highest BCUT2D eigenvalue weighted by Crippen LogP contribution is 2.16. The number of benzene rings is 2. The Balaban J connectivity index is 1.68. The molecule has 28 heavy (non-hydrogen) atoms. The summed E-state index contributed by atoms with van der Waals surface area (Å²) in [6.07, 6.45) is 2.04. The number of anilines is 1. The molecule has 3 N–H and O–H groups in total. The number of aryl methyl sites for hydroxylation is 1. The average molecular weight is 380 g/mol. The minimum Gasteiger partial charge on any atom is -0.354 e. The molecule has 2 amide bonds. The van der Waals surface area contributed by atoms with Gasteiger partial charge in [0.2, 0.25) is 11.8 Å². The van der Waals surface area contributed by atoms with Crippen molar-refractivity contribution in [2.45, 2.75) is 12.5 Å². The van der Waals surface area contributed by atoms with E-state index in [1.54, 1.807) is 24.3 Å². The maximum Gasteiger partial charge on any atom is 0.247 e. The highest BCUT2D eigenvalue weighted by molar-refractivity contribution is 5.95. The van der Waals surface area contributed by atoms with Crippen molar-refractivity contribution in [3.63, 3.8) is 0 Å². The maximum absolute atomic E-state index is 13.1. The summed E-state index contributed by atoms with van der Waals surface area (Å²) in [6, 6.07) is 17.4. The second-order valence-electron chi connectivity index (χ2n) is 6.32. The fourth-order valence-electron chi connectivity index (χ4n) is 2.73. The number of carbonyl (C=O) groups is 2. The molecular formula is C21H21FN4O2. The first-order valence-electron chi connectivity index (χ1n) is 8.79. The summed E-state index contributed by atoms with van der Waals surface area (Å²) in [6.45, 7) is 0. The lowest BCUT2D eigenvalue weighted by Gasteiger charge is -2.19. The molecule has 3 aromatic rings. The Kier molecular flexibility index (Phi) is 6.18. The monoisotopic (exact) mass is 380 g/mol. The highest BCUT2D eigenvalue weighted by Gasteiger charge is 2.21. The molecule has 144 valence electrons. The van der Waals surface area contributed by atoms with Gasteiger partial charge in [0, 0.05) is 24.6 Å². The molecule has 1 heterocycles. The number of nitrogens with one attached hydrogen (secondary N) is 3. The summed E-state index contributed by atoms with van der Waals surface area (Å²) < 4.78 is 14.9. The van der Waals surface area contributed by atoms with Gasteiger partial charge in [0.25, 0.3) is 0 Å². The normalized spacial score (nSPS) is 11.6. The second-order valence-corrected chi connectivity index (χ2v) is 6.32. The zero-order chi connectivity index (χ0) is 19.9. The van der Waals surface area contributed by atoms with Gasteiger partial charge >= 0.3 is 0 Å². The van der Waals surface area contributed by atoms with Crippen molar-refractivity contribution in [2.75, 3.05) is 5.32 Å². The van der Waals surface area contributed by atoms with E-state index in [1.807, 2.05) is 36.0 Å². The van der Waals surface area contributed by atoms with E-state index in [2.05, 4.69) is 16.2 Å². The molecule has 1 atom stereocenters. The molecule has 0 aliphatic rings. The summed E-state index contributed by atoms with van der Waals surface area (Å²) in [5.74, 6) is -1.03. The fraction of sp³-hybridized carbons (Fsp3) is 0.143. The largest absolute Gasteiger partial charge is 0.354 e. The molecule has 0 radical (unpaired) electrons. The Morgan fingerprint density at radius 2 is 1.71 bits per heavy atom. The van der Waals surface area contributed by atoms with Crippen LogP contribution in [0.2, 0.25) is 0 Å². The number of hydrogen-bond donors (Lipinski definition) is 3. The molecule has 6 nitrogen and oxygen atoms in total. The third kappa shape index (κ3) is 5.05. The Hall–Kier alpha value is -3.45. The van der Waals surface area contributed by atoms with Gasteiger partial charge in [-0.2, -0.15) is 0 Å². The molecule has 0 unspecified atom stereocenters. The van der Waals surface area contributed by atoms with Crippen LogP contribution in [0, 0.1) is 5.82 Å². The maximum atomic E-state index is 13.1. The molecule has 0 spiro atoms. The van der Waals surface area contributed by atoms with Gasteiger partial charge in [0.15, 0.2) is 0 Å². The van der Waals surface area contributed by atoms with Crippen molar-refractivity contribution < 1.29 is 14.0 Å². The molecule has 0 saturated carbocycles. The van der Waals surface area contributed by atoms with E-state index in [0.29, 0.717) is 11.3 Å². The number of hydrazine groups is 1. The first-order valence-corrected chi connectivity index (χ1v) is 8.79. The van der Waals surface area contributed by atoms with Crippen LogP contribution in [0.5, 0.6) is 0 Å². The Morgan fingerprint density at radius 1 is 1.00 bits per heavy atom. The molecule has 0 saturated heterocycles. The lowest BCUT2D eigenvalue weighted by atomic mass is 10.1. The third-order valence-corrected chi connectivity index (χ3v) is 4.26. The second kappa shape index (κ2) is 8.96. The SMILES string of the molecule is Cn1cccc1CC(=O)NN[C@@H](C(=O)Nc1ccc(F)cc1)c1ccccc1. The van der Waals surface area contributed by atoms with Crippen molar-refractivity contribution in [2.24, 2.45) is 7.05 Å². The quantitative estimate of drug-likeness (QED) is 0.552. The van der Waals surface area contributed by atoms with Gasteiger partial charge in [-0.15, -0.1) is 0 Å².